The molecule has 0 fully saturated rings. The summed E-state index contributed by atoms with van der Waals surface area (Å²) < 4.78 is 0. The minimum absolute atomic E-state index is 0.442. The van der Waals surface area contributed by atoms with Crippen molar-refractivity contribution in [3.63, 3.8) is 0 Å². The molecule has 0 aromatic rings. The van der Waals surface area contributed by atoms with Crippen molar-refractivity contribution >= 4 is 22.0 Å². The maximum absolute atomic E-state index is 6.93. The van der Waals surface area contributed by atoms with Crippen molar-refractivity contribution in [2.75, 3.05) is 7.05 Å². The number of nitrogens with one attached hydrogen (secondary N) is 1. The number of hydrogen-bond donors (Lipinski definition) is 2. The van der Waals surface area contributed by atoms with Crippen LogP contribution in [0.2, 0.25) is 0 Å². The zero-order chi connectivity index (χ0) is 6.57. The highest BCUT2D eigenvalue weighted by molar-refractivity contribution is 8.26. The lowest BCUT2D eigenvalue weighted by Crippen LogP contribution is -2.07. The van der Waals surface area contributed by atoms with E-state index >= 15 is 0 Å². The van der Waals surface area contributed by atoms with Crippen LogP contribution in [0.25, 0.3) is 0 Å². The summed E-state index contributed by atoms with van der Waals surface area (Å²) in [4.78, 5) is 3.65. The van der Waals surface area contributed by atoms with Crippen LogP contribution in [0, 0.1) is 5.41 Å². The molecule has 0 aromatic carbocycles. The average Bonchev–Trinajstić information content (AvgIpc) is 1.65. The van der Waals surface area contributed by atoms with Crippen molar-refractivity contribution < 1.29 is 0 Å². The Hall–Kier alpha value is -0.510. The topological polar surface area (TPSA) is 62.2 Å². The molecular formula is C4H9N3S. The van der Waals surface area contributed by atoms with Gasteiger partial charge in [0.1, 0.15) is 0 Å². The Bertz CT molecular complexity index is 118. The first-order valence-corrected chi connectivity index (χ1v) is 2.93. The van der Waals surface area contributed by atoms with Gasteiger partial charge in [0.15, 0.2) is 5.17 Å². The van der Waals surface area contributed by atoms with Gasteiger partial charge in [0.05, 0.1) is 5.04 Å². The zero-order valence-electron chi connectivity index (χ0n) is 4.93. The summed E-state index contributed by atoms with van der Waals surface area (Å²) in [6.45, 7) is 1.67. The highest BCUT2D eigenvalue weighted by Gasteiger charge is 1.90. The average molecular weight is 131 g/mol. The molecule has 0 unspecified atom stereocenters. The number of thioether (sulfide) groups is 1. The lowest BCUT2D eigenvalue weighted by atomic mass is 10.9. The molecule has 46 valence electrons. The van der Waals surface area contributed by atoms with E-state index in [1.54, 1.807) is 14.0 Å². The Kier molecular flexibility index (Phi) is 3.26. The summed E-state index contributed by atoms with van der Waals surface area (Å²) in [5.41, 5.74) is 5.25. The SMILES string of the molecule is CN=C(N)SC(C)=N. The van der Waals surface area contributed by atoms with Gasteiger partial charge in [-0.1, -0.05) is 0 Å². The van der Waals surface area contributed by atoms with Crippen LogP contribution in [0.4, 0.5) is 0 Å². The van der Waals surface area contributed by atoms with Gasteiger partial charge in [-0.2, -0.15) is 0 Å². The standard InChI is InChI=1S/C4H9N3S/c1-3(5)8-4(6)7-2/h5H,1-2H3,(H2,6,7). The zero-order valence-corrected chi connectivity index (χ0v) is 5.75. The van der Waals surface area contributed by atoms with Gasteiger partial charge < -0.3 is 5.73 Å². The second kappa shape index (κ2) is 3.49. The molecule has 0 aromatic heterocycles. The molecule has 0 aliphatic rings. The van der Waals surface area contributed by atoms with Gasteiger partial charge >= 0.3 is 0 Å². The summed E-state index contributed by atoms with van der Waals surface area (Å²) in [5, 5.41) is 7.84. The van der Waals surface area contributed by atoms with Crippen LogP contribution >= 0.6 is 11.8 Å². The molecular weight excluding hydrogens is 122 g/mol. The molecule has 0 bridgehead atoms. The first-order chi connectivity index (χ1) is 3.66. The maximum atomic E-state index is 6.93. The fourth-order valence-corrected chi connectivity index (χ4v) is 0.607. The molecule has 0 saturated carbocycles. The van der Waals surface area contributed by atoms with E-state index in [1.807, 2.05) is 0 Å². The van der Waals surface area contributed by atoms with Crippen molar-refractivity contribution in [2.24, 2.45) is 10.7 Å². The van der Waals surface area contributed by atoms with E-state index in [0.717, 1.165) is 0 Å². The quantitative estimate of drug-likeness (QED) is 0.375. The summed E-state index contributed by atoms with van der Waals surface area (Å²) in [5.74, 6) is 0. The Morgan fingerprint density at radius 2 is 2.25 bits per heavy atom. The fraction of sp³-hybridized carbons (Fsp3) is 0.500. The van der Waals surface area contributed by atoms with Crippen LogP contribution in [0.5, 0.6) is 0 Å². The van der Waals surface area contributed by atoms with E-state index < -0.39 is 0 Å². The van der Waals surface area contributed by atoms with Crippen LogP contribution < -0.4 is 5.73 Å². The summed E-state index contributed by atoms with van der Waals surface area (Å²) in [6, 6.07) is 0. The molecule has 4 heteroatoms. The molecule has 0 atom stereocenters. The first kappa shape index (κ1) is 7.49. The number of nitrogens with zero attached hydrogens (tertiary/aromatic N) is 1. The van der Waals surface area contributed by atoms with Gasteiger partial charge in [-0.15, -0.1) is 0 Å². The largest absolute Gasteiger partial charge is 0.378 e. The Balaban J connectivity index is 3.56. The number of nitrogens with two attached hydrogens (primary N) is 1. The Labute approximate surface area is 52.9 Å². The van der Waals surface area contributed by atoms with Gasteiger partial charge in [0.2, 0.25) is 0 Å². The Morgan fingerprint density at radius 3 is 2.38 bits per heavy atom. The van der Waals surface area contributed by atoms with Gasteiger partial charge in [-0.05, 0) is 18.7 Å². The first-order valence-electron chi connectivity index (χ1n) is 2.12. The van der Waals surface area contributed by atoms with Crippen LogP contribution in [0.1, 0.15) is 6.92 Å². The predicted octanol–water partition coefficient (Wildman–Crippen LogP) is 0.661. The van der Waals surface area contributed by atoms with E-state index in [-0.39, 0.29) is 0 Å². The number of hydrogen-bond acceptors (Lipinski definition) is 3. The summed E-state index contributed by atoms with van der Waals surface area (Å²) in [7, 11) is 1.60. The molecule has 3 N–H and O–H groups in total. The second-order valence-electron chi connectivity index (χ2n) is 1.22. The fourth-order valence-electron chi connectivity index (χ4n) is 0.202. The smallest absolute Gasteiger partial charge is 0.159 e. The van der Waals surface area contributed by atoms with Crippen LogP contribution in [-0.2, 0) is 0 Å². The molecule has 0 amide bonds. The highest BCUT2D eigenvalue weighted by atomic mass is 32.2. The molecule has 0 rings (SSSR count). The molecule has 0 saturated heterocycles. The minimum Gasteiger partial charge on any atom is -0.378 e. The molecule has 0 radical (unpaired) electrons. The Morgan fingerprint density at radius 1 is 1.75 bits per heavy atom. The van der Waals surface area contributed by atoms with Crippen molar-refractivity contribution in [3.05, 3.63) is 0 Å². The van der Waals surface area contributed by atoms with Gasteiger partial charge in [0, 0.05) is 7.05 Å². The third kappa shape index (κ3) is 3.67. The van der Waals surface area contributed by atoms with Crippen molar-refractivity contribution in [2.45, 2.75) is 6.92 Å². The third-order valence-electron chi connectivity index (χ3n) is 0.478. The highest BCUT2D eigenvalue weighted by Crippen LogP contribution is 1.98. The minimum atomic E-state index is 0.442. The molecule has 0 aliphatic heterocycles. The lowest BCUT2D eigenvalue weighted by Gasteiger charge is -1.92. The molecule has 3 nitrogen and oxygen atoms in total. The van der Waals surface area contributed by atoms with E-state index in [4.69, 9.17) is 11.1 Å². The van der Waals surface area contributed by atoms with Crippen molar-refractivity contribution in [1.29, 1.82) is 5.41 Å². The van der Waals surface area contributed by atoms with E-state index in [1.165, 1.54) is 11.8 Å². The van der Waals surface area contributed by atoms with E-state index in [0.29, 0.717) is 10.2 Å². The third-order valence-corrected chi connectivity index (χ3v) is 1.18. The predicted molar refractivity (Wildman–Crippen MR) is 38.5 cm³/mol. The van der Waals surface area contributed by atoms with Gasteiger partial charge in [-0.25, -0.2) is 0 Å². The van der Waals surface area contributed by atoms with Crippen molar-refractivity contribution in [1.82, 2.24) is 0 Å². The van der Waals surface area contributed by atoms with Crippen LogP contribution in [0.3, 0.4) is 0 Å². The molecule has 8 heavy (non-hydrogen) atoms. The van der Waals surface area contributed by atoms with Crippen molar-refractivity contribution in [3.8, 4) is 0 Å². The van der Waals surface area contributed by atoms with E-state index in [2.05, 4.69) is 4.99 Å². The molecule has 0 aliphatic carbocycles. The number of aliphatic imine (C=N–C) groups is 1. The number of rotatable bonds is 0. The van der Waals surface area contributed by atoms with Crippen LogP contribution in [0.15, 0.2) is 4.99 Å². The van der Waals surface area contributed by atoms with E-state index in [9.17, 15) is 0 Å². The molecule has 0 heterocycles. The van der Waals surface area contributed by atoms with Gasteiger partial charge in [0.25, 0.3) is 0 Å². The van der Waals surface area contributed by atoms with Gasteiger partial charge in [-0.3, -0.25) is 10.4 Å². The monoisotopic (exact) mass is 131 g/mol. The maximum Gasteiger partial charge on any atom is 0.159 e. The number of amidine groups is 1. The second-order valence-corrected chi connectivity index (χ2v) is 2.45. The summed E-state index contributed by atoms with van der Waals surface area (Å²) >= 11 is 1.17. The molecule has 0 spiro atoms. The summed E-state index contributed by atoms with van der Waals surface area (Å²) in [6.07, 6.45) is 0. The van der Waals surface area contributed by atoms with Crippen LogP contribution in [-0.4, -0.2) is 17.3 Å². The normalized spacial score (nSPS) is 11.5. The lowest BCUT2D eigenvalue weighted by molar-refractivity contribution is 1.44.